The molecule has 0 atom stereocenters. The molecule has 0 aliphatic carbocycles. The normalized spacial score (nSPS) is 15.1. The van der Waals surface area contributed by atoms with E-state index in [1.165, 1.54) is 0 Å². The fraction of sp³-hybridized carbons (Fsp3) is 0.412. The zero-order valence-electron chi connectivity index (χ0n) is 13.5. The average molecular weight is 330 g/mol. The first-order chi connectivity index (χ1) is 11.1. The summed E-state index contributed by atoms with van der Waals surface area (Å²) in [4.78, 5) is 20.9. The van der Waals surface area contributed by atoms with Crippen molar-refractivity contribution in [2.24, 2.45) is 0 Å². The molecule has 23 heavy (non-hydrogen) atoms. The standard InChI is InChI=1S/C17H22N4OS/c1-13(2)18-16(22)20-8-10-21(11-9-20)17-19-15(12-23-17)14-6-4-3-5-7-14/h3-7,12-13H,8-11H2,1-2H3,(H,18,22). The zero-order valence-corrected chi connectivity index (χ0v) is 14.3. The number of carbonyl (C=O) groups excluding carboxylic acids is 1. The van der Waals surface area contributed by atoms with Gasteiger partial charge in [0.05, 0.1) is 5.69 Å². The molecule has 2 aromatic rings. The van der Waals surface area contributed by atoms with Crippen molar-refractivity contribution in [3.63, 3.8) is 0 Å². The first-order valence-electron chi connectivity index (χ1n) is 7.95. The average Bonchev–Trinajstić information content (AvgIpc) is 3.05. The minimum absolute atomic E-state index is 0.0313. The Balaban J connectivity index is 1.60. The summed E-state index contributed by atoms with van der Waals surface area (Å²) in [6, 6.07) is 10.4. The second-order valence-corrected chi connectivity index (χ2v) is 6.80. The van der Waals surface area contributed by atoms with Crippen LogP contribution >= 0.6 is 11.3 Å². The first-order valence-corrected chi connectivity index (χ1v) is 8.83. The fourth-order valence-electron chi connectivity index (χ4n) is 2.59. The molecule has 122 valence electrons. The maximum Gasteiger partial charge on any atom is 0.317 e. The van der Waals surface area contributed by atoms with E-state index in [4.69, 9.17) is 4.98 Å². The maximum absolute atomic E-state index is 12.0. The molecule has 0 unspecified atom stereocenters. The molecule has 2 amide bonds. The molecule has 1 fully saturated rings. The number of hydrogen-bond acceptors (Lipinski definition) is 4. The molecular weight excluding hydrogens is 308 g/mol. The minimum Gasteiger partial charge on any atom is -0.345 e. The Labute approximate surface area is 140 Å². The predicted molar refractivity (Wildman–Crippen MR) is 95.0 cm³/mol. The molecule has 1 aliphatic rings. The Hall–Kier alpha value is -2.08. The third-order valence-electron chi connectivity index (χ3n) is 3.81. The highest BCUT2D eigenvalue weighted by molar-refractivity contribution is 7.14. The summed E-state index contributed by atoms with van der Waals surface area (Å²) in [5.41, 5.74) is 2.16. The van der Waals surface area contributed by atoms with Gasteiger partial charge in [-0.25, -0.2) is 9.78 Å². The van der Waals surface area contributed by atoms with Gasteiger partial charge in [0.15, 0.2) is 5.13 Å². The number of anilines is 1. The molecular formula is C17H22N4OS. The lowest BCUT2D eigenvalue weighted by Gasteiger charge is -2.34. The largest absolute Gasteiger partial charge is 0.345 e. The number of urea groups is 1. The molecule has 3 rings (SSSR count). The van der Waals surface area contributed by atoms with Crippen LogP contribution < -0.4 is 10.2 Å². The molecule has 1 aromatic heterocycles. The van der Waals surface area contributed by atoms with Gasteiger partial charge in [0.1, 0.15) is 0 Å². The number of rotatable bonds is 3. The van der Waals surface area contributed by atoms with Crippen LogP contribution in [-0.2, 0) is 0 Å². The third-order valence-corrected chi connectivity index (χ3v) is 4.71. The molecule has 0 spiro atoms. The van der Waals surface area contributed by atoms with Crippen LogP contribution in [0, 0.1) is 0 Å². The predicted octanol–water partition coefficient (Wildman–Crippen LogP) is 3.05. The second-order valence-electron chi connectivity index (χ2n) is 5.96. The van der Waals surface area contributed by atoms with E-state index in [2.05, 4.69) is 27.7 Å². The van der Waals surface area contributed by atoms with Crippen molar-refractivity contribution in [3.05, 3.63) is 35.7 Å². The van der Waals surface area contributed by atoms with Crippen LogP contribution in [0.25, 0.3) is 11.3 Å². The Morgan fingerprint density at radius 3 is 2.52 bits per heavy atom. The minimum atomic E-state index is 0.0313. The summed E-state index contributed by atoms with van der Waals surface area (Å²) in [6.07, 6.45) is 0. The highest BCUT2D eigenvalue weighted by Gasteiger charge is 2.23. The molecule has 0 saturated carbocycles. The van der Waals surface area contributed by atoms with Crippen LogP contribution in [0.1, 0.15) is 13.8 Å². The quantitative estimate of drug-likeness (QED) is 0.941. The molecule has 2 heterocycles. The van der Waals surface area contributed by atoms with Gasteiger partial charge in [-0.1, -0.05) is 30.3 Å². The van der Waals surface area contributed by atoms with Crippen LogP contribution in [0.2, 0.25) is 0 Å². The SMILES string of the molecule is CC(C)NC(=O)N1CCN(c2nc(-c3ccccc3)cs2)CC1. The number of hydrogen-bond donors (Lipinski definition) is 1. The van der Waals surface area contributed by atoms with Crippen LogP contribution in [0.3, 0.4) is 0 Å². The van der Waals surface area contributed by atoms with E-state index in [-0.39, 0.29) is 12.1 Å². The number of nitrogens with one attached hydrogen (secondary N) is 1. The van der Waals surface area contributed by atoms with Crippen molar-refractivity contribution in [2.75, 3.05) is 31.1 Å². The van der Waals surface area contributed by atoms with Crippen molar-refractivity contribution < 1.29 is 4.79 Å². The lowest BCUT2D eigenvalue weighted by molar-refractivity contribution is 0.192. The van der Waals surface area contributed by atoms with Gasteiger partial charge in [0.25, 0.3) is 0 Å². The Morgan fingerprint density at radius 2 is 1.87 bits per heavy atom. The molecule has 1 aromatic carbocycles. The van der Waals surface area contributed by atoms with Crippen LogP contribution in [0.5, 0.6) is 0 Å². The maximum atomic E-state index is 12.0. The summed E-state index contributed by atoms with van der Waals surface area (Å²) in [5.74, 6) is 0. The van der Waals surface area contributed by atoms with Crippen molar-refractivity contribution in [3.8, 4) is 11.3 Å². The number of piperazine rings is 1. The zero-order chi connectivity index (χ0) is 16.2. The van der Waals surface area contributed by atoms with Gasteiger partial charge in [-0.05, 0) is 13.8 Å². The van der Waals surface area contributed by atoms with Gasteiger partial charge in [0.2, 0.25) is 0 Å². The third kappa shape index (κ3) is 3.82. The van der Waals surface area contributed by atoms with Crippen LogP contribution in [0.4, 0.5) is 9.93 Å². The monoisotopic (exact) mass is 330 g/mol. The number of nitrogens with zero attached hydrogens (tertiary/aromatic N) is 3. The van der Waals surface area contributed by atoms with E-state index in [0.29, 0.717) is 0 Å². The second kappa shape index (κ2) is 7.00. The number of aromatic nitrogens is 1. The lowest BCUT2D eigenvalue weighted by Crippen LogP contribution is -2.52. The molecule has 0 radical (unpaired) electrons. The van der Waals surface area contributed by atoms with E-state index < -0.39 is 0 Å². The topological polar surface area (TPSA) is 48.5 Å². The smallest absolute Gasteiger partial charge is 0.317 e. The van der Waals surface area contributed by atoms with Crippen LogP contribution in [0.15, 0.2) is 35.7 Å². The van der Waals surface area contributed by atoms with Gasteiger partial charge < -0.3 is 15.1 Å². The van der Waals surface area contributed by atoms with E-state index in [9.17, 15) is 4.79 Å². The van der Waals surface area contributed by atoms with Gasteiger partial charge in [-0.15, -0.1) is 11.3 Å². The van der Waals surface area contributed by atoms with E-state index in [1.807, 2.05) is 36.9 Å². The number of thiazole rings is 1. The Kier molecular flexibility index (Phi) is 4.81. The van der Waals surface area contributed by atoms with Gasteiger partial charge in [0, 0.05) is 43.2 Å². The van der Waals surface area contributed by atoms with Crippen molar-refractivity contribution >= 4 is 22.5 Å². The molecule has 1 aliphatic heterocycles. The summed E-state index contributed by atoms with van der Waals surface area (Å²) in [5, 5.41) is 6.08. The molecule has 1 N–H and O–H groups in total. The summed E-state index contributed by atoms with van der Waals surface area (Å²) >= 11 is 1.67. The lowest BCUT2D eigenvalue weighted by atomic mass is 10.2. The number of amides is 2. The van der Waals surface area contributed by atoms with E-state index in [0.717, 1.165) is 42.6 Å². The van der Waals surface area contributed by atoms with E-state index >= 15 is 0 Å². The van der Waals surface area contributed by atoms with Gasteiger partial charge in [-0.3, -0.25) is 0 Å². The highest BCUT2D eigenvalue weighted by atomic mass is 32.1. The molecule has 5 nitrogen and oxygen atoms in total. The number of benzene rings is 1. The first kappa shape index (κ1) is 15.8. The van der Waals surface area contributed by atoms with Crippen molar-refractivity contribution in [1.29, 1.82) is 0 Å². The molecule has 0 bridgehead atoms. The van der Waals surface area contributed by atoms with Crippen LogP contribution in [-0.4, -0.2) is 48.1 Å². The van der Waals surface area contributed by atoms with Gasteiger partial charge in [-0.2, -0.15) is 0 Å². The van der Waals surface area contributed by atoms with Gasteiger partial charge >= 0.3 is 6.03 Å². The summed E-state index contributed by atoms with van der Waals surface area (Å²) in [6.45, 7) is 7.09. The summed E-state index contributed by atoms with van der Waals surface area (Å²) in [7, 11) is 0. The van der Waals surface area contributed by atoms with Crippen molar-refractivity contribution in [2.45, 2.75) is 19.9 Å². The van der Waals surface area contributed by atoms with Crippen molar-refractivity contribution in [1.82, 2.24) is 15.2 Å². The summed E-state index contributed by atoms with van der Waals surface area (Å²) < 4.78 is 0. The molecule has 1 saturated heterocycles. The Bertz CT molecular complexity index is 648. The highest BCUT2D eigenvalue weighted by Crippen LogP contribution is 2.27. The fourth-order valence-corrected chi connectivity index (χ4v) is 3.48. The Morgan fingerprint density at radius 1 is 1.17 bits per heavy atom. The number of carbonyl (C=O) groups is 1. The molecule has 6 heteroatoms. The van der Waals surface area contributed by atoms with E-state index in [1.54, 1.807) is 11.3 Å².